The third-order valence-corrected chi connectivity index (χ3v) is 5.91. The first kappa shape index (κ1) is 26.3. The number of carboxylic acids is 1. The maximum absolute atomic E-state index is 12.1. The molecule has 0 saturated heterocycles. The fourth-order valence-electron chi connectivity index (χ4n) is 4.08. The van der Waals surface area contributed by atoms with E-state index in [1.807, 2.05) is 13.0 Å². The Morgan fingerprint density at radius 3 is 2.45 bits per heavy atom. The second-order valence-corrected chi connectivity index (χ2v) is 8.60. The summed E-state index contributed by atoms with van der Waals surface area (Å²) in [6.07, 6.45) is 1.01. The maximum atomic E-state index is 12.1. The first-order valence-corrected chi connectivity index (χ1v) is 11.0. The number of hydrogen-bond acceptors (Lipinski definition) is 7. The summed E-state index contributed by atoms with van der Waals surface area (Å²) in [5, 5.41) is 24.6. The number of carbonyl (C=O) groups excluding carboxylic acids is 1. The fourth-order valence-corrected chi connectivity index (χ4v) is 4.30. The van der Waals surface area contributed by atoms with Gasteiger partial charge in [0.2, 0.25) is 0 Å². The number of aromatic nitrogens is 1. The number of rotatable bonds is 10. The van der Waals surface area contributed by atoms with E-state index in [1.54, 1.807) is 44.4 Å². The molecular formula is C24H31ClN4O4. The standard InChI is InChI=1S/C24H31ClN4O4/c1-13(22(15(3)30)16(4)31)9-20(14(2)24(32)33)17-10-18(25)12-19(11-17)29(26)23-21(27-5)7-6-8-28-23/h6-8,10-13,15,22,27,30H,9,26H2,1-5H3,(H,32,33)/b20-14-. The van der Waals surface area contributed by atoms with Crippen molar-refractivity contribution in [3.05, 3.63) is 52.7 Å². The second kappa shape index (κ2) is 11.3. The van der Waals surface area contributed by atoms with E-state index in [2.05, 4.69) is 10.3 Å². The Morgan fingerprint density at radius 1 is 1.24 bits per heavy atom. The number of halogens is 1. The minimum atomic E-state index is -1.08. The number of nitrogens with one attached hydrogen (secondary N) is 1. The van der Waals surface area contributed by atoms with Crippen LogP contribution >= 0.6 is 11.6 Å². The number of ketones is 1. The van der Waals surface area contributed by atoms with Crippen LogP contribution in [0, 0.1) is 11.8 Å². The molecule has 0 aliphatic carbocycles. The Kier molecular flexibility index (Phi) is 8.99. The molecule has 5 N–H and O–H groups in total. The van der Waals surface area contributed by atoms with Crippen molar-refractivity contribution in [3.63, 3.8) is 0 Å². The van der Waals surface area contributed by atoms with E-state index in [9.17, 15) is 19.8 Å². The molecule has 1 aromatic carbocycles. The van der Waals surface area contributed by atoms with Crippen LogP contribution in [-0.2, 0) is 9.59 Å². The number of pyridine rings is 1. The molecule has 1 heterocycles. The molecule has 0 spiro atoms. The van der Waals surface area contributed by atoms with E-state index < -0.39 is 18.0 Å². The number of nitrogens with zero attached hydrogens (tertiary/aromatic N) is 2. The van der Waals surface area contributed by atoms with Crippen molar-refractivity contribution in [1.29, 1.82) is 0 Å². The quantitative estimate of drug-likeness (QED) is 0.228. The lowest BCUT2D eigenvalue weighted by molar-refractivity contribution is -0.132. The van der Waals surface area contributed by atoms with E-state index in [-0.39, 0.29) is 23.7 Å². The average Bonchev–Trinajstić information content (AvgIpc) is 2.75. The van der Waals surface area contributed by atoms with Gasteiger partial charge in [0.25, 0.3) is 0 Å². The monoisotopic (exact) mass is 474 g/mol. The topological polar surface area (TPSA) is 129 Å². The molecule has 2 aromatic rings. The average molecular weight is 475 g/mol. The van der Waals surface area contributed by atoms with Crippen molar-refractivity contribution in [1.82, 2.24) is 4.98 Å². The van der Waals surface area contributed by atoms with Gasteiger partial charge in [0, 0.05) is 29.8 Å². The maximum Gasteiger partial charge on any atom is 0.331 e. The molecular weight excluding hydrogens is 444 g/mol. The largest absolute Gasteiger partial charge is 0.478 e. The summed E-state index contributed by atoms with van der Waals surface area (Å²) in [6.45, 7) is 6.32. The molecule has 1 aromatic heterocycles. The zero-order chi connectivity index (χ0) is 24.9. The number of anilines is 3. The van der Waals surface area contributed by atoms with Gasteiger partial charge in [-0.15, -0.1) is 0 Å². The van der Waals surface area contributed by atoms with Crippen LogP contribution in [0.25, 0.3) is 5.57 Å². The summed E-state index contributed by atoms with van der Waals surface area (Å²) < 4.78 is 0. The van der Waals surface area contributed by atoms with Crippen LogP contribution in [-0.4, -0.2) is 40.1 Å². The first-order valence-electron chi connectivity index (χ1n) is 10.6. The number of aliphatic hydroxyl groups excluding tert-OH is 1. The molecule has 0 aliphatic rings. The Bertz CT molecular complexity index is 1050. The lowest BCUT2D eigenvalue weighted by Gasteiger charge is -2.26. The number of aliphatic hydroxyl groups is 1. The zero-order valence-electron chi connectivity index (χ0n) is 19.5. The van der Waals surface area contributed by atoms with Crippen LogP contribution < -0.4 is 16.2 Å². The molecule has 0 bridgehead atoms. The van der Waals surface area contributed by atoms with Gasteiger partial charge in [-0.3, -0.25) is 9.80 Å². The van der Waals surface area contributed by atoms with Gasteiger partial charge < -0.3 is 15.5 Å². The molecule has 2 rings (SSSR count). The van der Waals surface area contributed by atoms with Crippen LogP contribution in [0.15, 0.2) is 42.1 Å². The molecule has 178 valence electrons. The van der Waals surface area contributed by atoms with E-state index in [0.717, 1.165) is 0 Å². The van der Waals surface area contributed by atoms with Gasteiger partial charge in [-0.1, -0.05) is 18.5 Å². The number of hydrogen-bond donors (Lipinski definition) is 4. The second-order valence-electron chi connectivity index (χ2n) is 8.16. The Morgan fingerprint density at radius 2 is 1.91 bits per heavy atom. The number of Topliss-reactive ketones (excluding diaryl/α,β-unsaturated/α-hetero) is 1. The molecule has 0 aliphatic heterocycles. The molecule has 3 unspecified atom stereocenters. The van der Waals surface area contributed by atoms with Gasteiger partial charge in [-0.2, -0.15) is 0 Å². The van der Waals surface area contributed by atoms with Crippen LogP contribution in [0.3, 0.4) is 0 Å². The van der Waals surface area contributed by atoms with Crippen molar-refractivity contribution < 1.29 is 19.8 Å². The van der Waals surface area contributed by atoms with E-state index >= 15 is 0 Å². The third-order valence-electron chi connectivity index (χ3n) is 5.70. The van der Waals surface area contributed by atoms with Gasteiger partial charge in [0.05, 0.1) is 17.5 Å². The number of carboxylic acid groups (broad SMARTS) is 1. The predicted molar refractivity (Wildman–Crippen MR) is 131 cm³/mol. The lowest BCUT2D eigenvalue weighted by Crippen LogP contribution is -2.30. The summed E-state index contributed by atoms with van der Waals surface area (Å²) in [5.41, 5.74) is 2.41. The predicted octanol–water partition coefficient (Wildman–Crippen LogP) is 4.26. The Hall–Kier alpha value is -2.94. The molecule has 8 nitrogen and oxygen atoms in total. The smallest absolute Gasteiger partial charge is 0.331 e. The molecule has 3 atom stereocenters. The summed E-state index contributed by atoms with van der Waals surface area (Å²) in [5.74, 6) is 4.65. The van der Waals surface area contributed by atoms with Crippen LogP contribution in [0.4, 0.5) is 17.2 Å². The first-order chi connectivity index (χ1) is 15.5. The highest BCUT2D eigenvalue weighted by Crippen LogP contribution is 2.36. The van der Waals surface area contributed by atoms with Gasteiger partial charge in [0.1, 0.15) is 5.78 Å². The molecule has 0 radical (unpaired) electrons. The number of nitrogens with two attached hydrogens (primary N) is 1. The van der Waals surface area contributed by atoms with Crippen molar-refractivity contribution >= 4 is 46.1 Å². The van der Waals surface area contributed by atoms with Gasteiger partial charge in [-0.05, 0) is 74.6 Å². The number of aliphatic carboxylic acids is 1. The molecule has 0 amide bonds. The summed E-state index contributed by atoms with van der Waals surface area (Å²) in [6, 6.07) is 8.66. The fraction of sp³-hybridized carbons (Fsp3) is 0.375. The van der Waals surface area contributed by atoms with E-state index in [0.29, 0.717) is 33.4 Å². The highest BCUT2D eigenvalue weighted by Gasteiger charge is 2.29. The van der Waals surface area contributed by atoms with E-state index in [4.69, 9.17) is 17.4 Å². The summed E-state index contributed by atoms with van der Waals surface area (Å²) in [7, 11) is 1.75. The summed E-state index contributed by atoms with van der Waals surface area (Å²) >= 11 is 6.40. The zero-order valence-corrected chi connectivity index (χ0v) is 20.2. The highest BCUT2D eigenvalue weighted by molar-refractivity contribution is 6.31. The van der Waals surface area contributed by atoms with Crippen LogP contribution in [0.1, 0.15) is 39.7 Å². The summed E-state index contributed by atoms with van der Waals surface area (Å²) in [4.78, 5) is 28.3. The van der Waals surface area contributed by atoms with Crippen molar-refractivity contribution in [2.24, 2.45) is 17.7 Å². The number of hydrazine groups is 1. The van der Waals surface area contributed by atoms with Gasteiger partial charge in [0.15, 0.2) is 5.82 Å². The van der Waals surface area contributed by atoms with Crippen molar-refractivity contribution in [3.8, 4) is 0 Å². The van der Waals surface area contributed by atoms with Crippen LogP contribution in [0.5, 0.6) is 0 Å². The molecule has 9 heteroatoms. The molecule has 0 fully saturated rings. The molecule has 33 heavy (non-hydrogen) atoms. The Balaban J connectivity index is 2.58. The third kappa shape index (κ3) is 6.31. The number of carbonyl (C=O) groups is 2. The van der Waals surface area contributed by atoms with Gasteiger partial charge >= 0.3 is 5.97 Å². The Labute approximate surface area is 199 Å². The SMILES string of the molecule is CNc1cccnc1N(N)c1cc(Cl)cc(/C(CC(C)C(C(C)=O)C(C)O)=C(/C)C(=O)O)c1. The van der Waals surface area contributed by atoms with Crippen molar-refractivity contribution in [2.75, 3.05) is 17.4 Å². The van der Waals surface area contributed by atoms with Crippen LogP contribution in [0.2, 0.25) is 5.02 Å². The molecule has 0 saturated carbocycles. The van der Waals surface area contributed by atoms with E-state index in [1.165, 1.54) is 18.9 Å². The number of allylic oxidation sites excluding steroid dienone is 1. The highest BCUT2D eigenvalue weighted by atomic mass is 35.5. The minimum Gasteiger partial charge on any atom is -0.478 e. The van der Waals surface area contributed by atoms with Crippen molar-refractivity contribution in [2.45, 2.75) is 40.2 Å². The van der Waals surface area contributed by atoms with Gasteiger partial charge in [-0.25, -0.2) is 15.6 Å². The minimum absolute atomic E-state index is 0.125. The normalized spacial score (nSPS) is 14.7. The number of benzene rings is 1. The lowest BCUT2D eigenvalue weighted by atomic mass is 9.80.